The highest BCUT2D eigenvalue weighted by atomic mass is 127. The predicted octanol–water partition coefficient (Wildman–Crippen LogP) is 5.18. The summed E-state index contributed by atoms with van der Waals surface area (Å²) >= 11 is 7.47. The van der Waals surface area contributed by atoms with Crippen LogP contribution < -0.4 is 20.1 Å². The first-order valence-electron chi connectivity index (χ1n) is 9.30. The first kappa shape index (κ1) is 22.0. The topological polar surface area (TPSA) is 59.6 Å². The zero-order valence-electron chi connectivity index (χ0n) is 16.4. The minimum atomic E-state index is -0.254. The number of hydrogen-bond acceptors (Lipinski definition) is 4. The molecule has 0 heterocycles. The zero-order valence-corrected chi connectivity index (χ0v) is 19.3. The van der Waals surface area contributed by atoms with E-state index in [0.717, 1.165) is 20.6 Å². The van der Waals surface area contributed by atoms with E-state index in [4.69, 9.17) is 21.7 Å². The van der Waals surface area contributed by atoms with E-state index in [1.165, 1.54) is 0 Å². The number of carbonyl (C=O) groups is 1. The van der Waals surface area contributed by atoms with Crippen LogP contribution in [0, 0.1) is 10.5 Å². The molecular weight excluding hydrogens is 511 g/mol. The maximum Gasteiger partial charge on any atom is 0.257 e. The van der Waals surface area contributed by atoms with Crippen molar-refractivity contribution in [2.75, 3.05) is 18.5 Å². The van der Waals surface area contributed by atoms with E-state index in [1.807, 2.05) is 73.7 Å². The van der Waals surface area contributed by atoms with Crippen LogP contribution in [0.4, 0.5) is 5.69 Å². The van der Waals surface area contributed by atoms with Crippen LogP contribution in [0.5, 0.6) is 11.5 Å². The number of carbonyl (C=O) groups excluding carboxylic acids is 1. The van der Waals surface area contributed by atoms with E-state index in [2.05, 4.69) is 33.2 Å². The molecule has 154 valence electrons. The average Bonchev–Trinajstić information content (AvgIpc) is 2.74. The van der Waals surface area contributed by atoms with Gasteiger partial charge in [-0.15, -0.1) is 0 Å². The molecule has 0 bridgehead atoms. The third-order valence-corrected chi connectivity index (χ3v) is 5.48. The van der Waals surface area contributed by atoms with E-state index < -0.39 is 0 Å². The summed E-state index contributed by atoms with van der Waals surface area (Å²) in [6.07, 6.45) is 0. The molecule has 0 aliphatic carbocycles. The van der Waals surface area contributed by atoms with Gasteiger partial charge < -0.3 is 14.8 Å². The van der Waals surface area contributed by atoms with Crippen LogP contribution in [-0.2, 0) is 0 Å². The minimum Gasteiger partial charge on any atom is -0.490 e. The van der Waals surface area contributed by atoms with E-state index in [-0.39, 0.29) is 11.0 Å². The number of ether oxygens (including phenoxy) is 2. The van der Waals surface area contributed by atoms with Gasteiger partial charge >= 0.3 is 0 Å². The molecule has 0 unspecified atom stereocenters. The molecule has 0 aliphatic heterocycles. The molecule has 0 aliphatic rings. The van der Waals surface area contributed by atoms with Crippen molar-refractivity contribution in [2.45, 2.75) is 6.92 Å². The quantitative estimate of drug-likeness (QED) is 0.250. The molecule has 0 atom stereocenters. The van der Waals surface area contributed by atoms with Crippen molar-refractivity contribution in [1.29, 1.82) is 0 Å². The summed E-state index contributed by atoms with van der Waals surface area (Å²) in [5, 5.41) is 5.93. The van der Waals surface area contributed by atoms with Crippen molar-refractivity contribution >= 4 is 51.5 Å². The van der Waals surface area contributed by atoms with Crippen molar-refractivity contribution in [3.63, 3.8) is 0 Å². The van der Waals surface area contributed by atoms with Gasteiger partial charge in [0.15, 0.2) is 5.11 Å². The van der Waals surface area contributed by atoms with Crippen molar-refractivity contribution < 1.29 is 14.3 Å². The highest BCUT2D eigenvalue weighted by Gasteiger charge is 2.09. The van der Waals surface area contributed by atoms with Crippen LogP contribution in [0.15, 0.2) is 72.8 Å². The number of thiocarbonyl (C=S) groups is 1. The summed E-state index contributed by atoms with van der Waals surface area (Å²) in [6, 6.07) is 22.5. The van der Waals surface area contributed by atoms with Gasteiger partial charge in [0.1, 0.15) is 24.7 Å². The molecule has 3 rings (SSSR count). The van der Waals surface area contributed by atoms with Crippen LogP contribution in [-0.4, -0.2) is 24.2 Å². The van der Waals surface area contributed by atoms with E-state index in [0.29, 0.717) is 24.5 Å². The number of rotatable bonds is 7. The van der Waals surface area contributed by atoms with Crippen LogP contribution in [0.3, 0.4) is 0 Å². The van der Waals surface area contributed by atoms with Crippen LogP contribution in [0.25, 0.3) is 0 Å². The van der Waals surface area contributed by atoms with Crippen molar-refractivity contribution in [3.8, 4) is 11.5 Å². The lowest BCUT2D eigenvalue weighted by molar-refractivity contribution is 0.0977. The molecule has 5 nitrogen and oxygen atoms in total. The molecule has 3 aromatic rings. The van der Waals surface area contributed by atoms with Crippen molar-refractivity contribution in [2.24, 2.45) is 0 Å². The largest absolute Gasteiger partial charge is 0.490 e. The molecule has 0 saturated heterocycles. The second-order valence-corrected chi connectivity index (χ2v) is 7.98. The lowest BCUT2D eigenvalue weighted by Gasteiger charge is -2.12. The van der Waals surface area contributed by atoms with Crippen LogP contribution >= 0.6 is 34.8 Å². The Labute approximate surface area is 194 Å². The van der Waals surface area contributed by atoms with Crippen molar-refractivity contribution in [3.05, 3.63) is 87.5 Å². The van der Waals surface area contributed by atoms with Gasteiger partial charge in [0, 0.05) is 20.9 Å². The van der Waals surface area contributed by atoms with E-state index in [1.54, 1.807) is 6.07 Å². The van der Waals surface area contributed by atoms with Gasteiger partial charge in [-0.05, 0) is 83.7 Å². The van der Waals surface area contributed by atoms with E-state index in [9.17, 15) is 4.79 Å². The maximum absolute atomic E-state index is 12.4. The molecule has 0 radical (unpaired) electrons. The fourth-order valence-corrected chi connectivity index (χ4v) is 3.30. The molecule has 0 fully saturated rings. The number of hydrogen-bond donors (Lipinski definition) is 2. The smallest absolute Gasteiger partial charge is 0.257 e. The number of anilines is 1. The average molecular weight is 532 g/mol. The monoisotopic (exact) mass is 532 g/mol. The zero-order chi connectivity index (χ0) is 21.3. The molecule has 0 spiro atoms. The summed E-state index contributed by atoms with van der Waals surface area (Å²) < 4.78 is 12.4. The minimum absolute atomic E-state index is 0.222. The fourth-order valence-electron chi connectivity index (χ4n) is 2.57. The van der Waals surface area contributed by atoms with E-state index >= 15 is 0 Å². The van der Waals surface area contributed by atoms with Crippen molar-refractivity contribution in [1.82, 2.24) is 5.32 Å². The third kappa shape index (κ3) is 6.70. The second kappa shape index (κ2) is 10.9. The second-order valence-electron chi connectivity index (χ2n) is 6.41. The van der Waals surface area contributed by atoms with Gasteiger partial charge in [-0.25, -0.2) is 0 Å². The molecule has 7 heteroatoms. The highest BCUT2D eigenvalue weighted by molar-refractivity contribution is 14.1. The third-order valence-electron chi connectivity index (χ3n) is 4.12. The molecular formula is C23H21IN2O3S. The van der Waals surface area contributed by atoms with Gasteiger partial charge in [-0.2, -0.15) is 0 Å². The Hall–Kier alpha value is -2.65. The first-order valence-corrected chi connectivity index (χ1v) is 10.8. The summed E-state index contributed by atoms with van der Waals surface area (Å²) in [6.45, 7) is 2.84. The molecule has 3 aromatic carbocycles. The summed E-state index contributed by atoms with van der Waals surface area (Å²) in [7, 11) is 0. The van der Waals surface area contributed by atoms with Gasteiger partial charge in [-0.1, -0.05) is 30.3 Å². The predicted molar refractivity (Wildman–Crippen MR) is 131 cm³/mol. The Morgan fingerprint density at radius 2 is 1.63 bits per heavy atom. The Morgan fingerprint density at radius 1 is 0.933 bits per heavy atom. The Kier molecular flexibility index (Phi) is 8.04. The summed E-state index contributed by atoms with van der Waals surface area (Å²) in [5.41, 5.74) is 2.41. The lowest BCUT2D eigenvalue weighted by atomic mass is 10.1. The Balaban J connectivity index is 1.48. The summed E-state index contributed by atoms with van der Waals surface area (Å²) in [4.78, 5) is 12.4. The molecule has 30 heavy (non-hydrogen) atoms. The lowest BCUT2D eigenvalue weighted by Crippen LogP contribution is -2.34. The number of nitrogens with one attached hydrogen (secondary N) is 2. The fraction of sp³-hybridized carbons (Fsp3) is 0.130. The normalized spacial score (nSPS) is 10.2. The number of para-hydroxylation sites is 1. The number of benzene rings is 3. The van der Waals surface area contributed by atoms with Gasteiger partial charge in [0.25, 0.3) is 5.91 Å². The number of aryl methyl sites for hydroxylation is 1. The molecule has 0 saturated carbocycles. The van der Waals surface area contributed by atoms with Crippen LogP contribution in [0.2, 0.25) is 0 Å². The van der Waals surface area contributed by atoms with Gasteiger partial charge in [-0.3, -0.25) is 10.1 Å². The molecule has 0 aromatic heterocycles. The molecule has 2 N–H and O–H groups in total. The van der Waals surface area contributed by atoms with Gasteiger partial charge in [0.05, 0.1) is 0 Å². The first-order chi connectivity index (χ1) is 14.5. The maximum atomic E-state index is 12.4. The number of amides is 1. The SMILES string of the molecule is Cc1ccc(C(=O)NC(=S)Nc2cccc(OCCOc3ccccc3)c2)cc1I. The summed E-state index contributed by atoms with van der Waals surface area (Å²) in [5.74, 6) is 1.23. The standard InChI is InChI=1S/C23H21IN2O3S/c1-16-10-11-17(14-21(16)24)22(27)26-23(30)25-18-6-5-9-20(15-18)29-13-12-28-19-7-3-2-4-8-19/h2-11,14-15H,12-13H2,1H3,(H2,25,26,27,30). The Morgan fingerprint density at radius 3 is 2.37 bits per heavy atom. The number of halogens is 1. The Bertz CT molecular complexity index is 1030. The highest BCUT2D eigenvalue weighted by Crippen LogP contribution is 2.18. The van der Waals surface area contributed by atoms with Crippen LogP contribution in [0.1, 0.15) is 15.9 Å². The van der Waals surface area contributed by atoms with Gasteiger partial charge in [0.2, 0.25) is 0 Å². The molecule has 1 amide bonds.